The number of morpholine rings is 1. The van der Waals surface area contributed by atoms with Crippen LogP contribution in [-0.2, 0) is 9.53 Å². The van der Waals surface area contributed by atoms with Crippen molar-refractivity contribution in [3.63, 3.8) is 0 Å². The molecule has 4 heteroatoms. The van der Waals surface area contributed by atoms with Crippen LogP contribution in [0.3, 0.4) is 0 Å². The lowest BCUT2D eigenvalue weighted by Gasteiger charge is -2.40. The molecule has 0 N–H and O–H groups in total. The topological polar surface area (TPSA) is 32.8 Å². The molecule has 0 radical (unpaired) electrons. The van der Waals surface area contributed by atoms with Crippen LogP contribution in [0.2, 0.25) is 0 Å². The number of likely N-dealkylation sites (N-methyl/N-ethyl adjacent to an activating group) is 1. The highest BCUT2D eigenvalue weighted by Gasteiger charge is 2.40. The summed E-state index contributed by atoms with van der Waals surface area (Å²) in [4.78, 5) is 16.1. The van der Waals surface area contributed by atoms with Crippen molar-refractivity contribution in [2.45, 2.75) is 31.3 Å². The SMILES string of the molecule is CN(C)CC=CC(=O)N1CCOC2(CCCC2)C1. The Morgan fingerprint density at radius 3 is 2.78 bits per heavy atom. The first-order chi connectivity index (χ1) is 8.61. The van der Waals surface area contributed by atoms with Crippen LogP contribution in [0.5, 0.6) is 0 Å². The molecular formula is C14H24N2O2. The van der Waals surface area contributed by atoms with Gasteiger partial charge in [0.2, 0.25) is 5.91 Å². The molecule has 2 rings (SSSR count). The third-order valence-electron chi connectivity index (χ3n) is 3.81. The number of rotatable bonds is 3. The quantitative estimate of drug-likeness (QED) is 0.709. The van der Waals surface area contributed by atoms with E-state index in [1.807, 2.05) is 30.0 Å². The van der Waals surface area contributed by atoms with Crippen LogP contribution in [-0.4, -0.2) is 61.6 Å². The van der Waals surface area contributed by atoms with Crippen molar-refractivity contribution in [1.29, 1.82) is 0 Å². The zero-order valence-electron chi connectivity index (χ0n) is 11.5. The molecule has 1 saturated carbocycles. The number of carbonyl (C=O) groups is 1. The van der Waals surface area contributed by atoms with E-state index in [-0.39, 0.29) is 11.5 Å². The van der Waals surface area contributed by atoms with E-state index in [0.29, 0.717) is 6.61 Å². The fourth-order valence-electron chi connectivity index (χ4n) is 2.82. The molecule has 1 heterocycles. The standard InChI is InChI=1S/C14H24N2O2/c1-15(2)9-5-6-13(17)16-10-11-18-14(12-16)7-3-4-8-14/h5-6H,3-4,7-12H2,1-2H3. The average molecular weight is 252 g/mol. The molecule has 0 atom stereocenters. The van der Waals surface area contributed by atoms with Gasteiger partial charge in [-0.3, -0.25) is 4.79 Å². The van der Waals surface area contributed by atoms with Gasteiger partial charge < -0.3 is 14.5 Å². The van der Waals surface area contributed by atoms with E-state index in [2.05, 4.69) is 0 Å². The van der Waals surface area contributed by atoms with Gasteiger partial charge in [0.15, 0.2) is 0 Å². The summed E-state index contributed by atoms with van der Waals surface area (Å²) in [6.07, 6.45) is 8.32. The first-order valence-corrected chi connectivity index (χ1v) is 6.85. The first-order valence-electron chi connectivity index (χ1n) is 6.85. The van der Waals surface area contributed by atoms with Gasteiger partial charge in [0.25, 0.3) is 0 Å². The van der Waals surface area contributed by atoms with Crippen LogP contribution in [0.4, 0.5) is 0 Å². The average Bonchev–Trinajstić information content (AvgIpc) is 2.76. The van der Waals surface area contributed by atoms with Crippen LogP contribution in [0.15, 0.2) is 12.2 Å². The van der Waals surface area contributed by atoms with Crippen molar-refractivity contribution >= 4 is 5.91 Å². The highest BCUT2D eigenvalue weighted by molar-refractivity contribution is 5.87. The summed E-state index contributed by atoms with van der Waals surface area (Å²) >= 11 is 0. The summed E-state index contributed by atoms with van der Waals surface area (Å²) in [6.45, 7) is 3.00. The minimum Gasteiger partial charge on any atom is -0.371 e. The van der Waals surface area contributed by atoms with Crippen molar-refractivity contribution in [2.75, 3.05) is 40.3 Å². The van der Waals surface area contributed by atoms with Crippen LogP contribution in [0, 0.1) is 0 Å². The van der Waals surface area contributed by atoms with Crippen LogP contribution in [0.25, 0.3) is 0 Å². The van der Waals surface area contributed by atoms with E-state index >= 15 is 0 Å². The molecule has 0 bridgehead atoms. The van der Waals surface area contributed by atoms with Gasteiger partial charge in [-0.2, -0.15) is 0 Å². The number of hydrogen-bond acceptors (Lipinski definition) is 3. The summed E-state index contributed by atoms with van der Waals surface area (Å²) in [7, 11) is 3.99. The fourth-order valence-corrected chi connectivity index (χ4v) is 2.82. The van der Waals surface area contributed by atoms with Gasteiger partial charge in [-0.05, 0) is 26.9 Å². The van der Waals surface area contributed by atoms with Gasteiger partial charge >= 0.3 is 0 Å². The molecule has 0 aromatic rings. The largest absolute Gasteiger partial charge is 0.371 e. The molecule has 1 aliphatic carbocycles. The molecule has 4 nitrogen and oxygen atoms in total. The molecule has 0 aromatic carbocycles. The summed E-state index contributed by atoms with van der Waals surface area (Å²) in [5.74, 6) is 0.131. The Balaban J connectivity index is 1.88. The van der Waals surface area contributed by atoms with Gasteiger partial charge in [0.1, 0.15) is 0 Å². The first kappa shape index (κ1) is 13.6. The highest BCUT2D eigenvalue weighted by atomic mass is 16.5. The van der Waals surface area contributed by atoms with Crippen molar-refractivity contribution in [1.82, 2.24) is 9.80 Å². The maximum atomic E-state index is 12.1. The molecule has 1 saturated heterocycles. The third kappa shape index (κ3) is 3.33. The van der Waals surface area contributed by atoms with E-state index in [9.17, 15) is 4.79 Å². The zero-order valence-corrected chi connectivity index (χ0v) is 11.5. The van der Waals surface area contributed by atoms with Crippen molar-refractivity contribution in [3.8, 4) is 0 Å². The number of ether oxygens (including phenoxy) is 1. The zero-order chi connectivity index (χ0) is 13.0. The number of carbonyl (C=O) groups excluding carboxylic acids is 1. The smallest absolute Gasteiger partial charge is 0.246 e. The fraction of sp³-hybridized carbons (Fsp3) is 0.786. The third-order valence-corrected chi connectivity index (χ3v) is 3.81. The lowest BCUT2D eigenvalue weighted by atomic mass is 9.99. The lowest BCUT2D eigenvalue weighted by Crippen LogP contribution is -2.52. The summed E-state index contributed by atoms with van der Waals surface area (Å²) < 4.78 is 5.92. The second kappa shape index (κ2) is 5.85. The molecule has 1 amide bonds. The second-order valence-electron chi connectivity index (χ2n) is 5.66. The van der Waals surface area contributed by atoms with Gasteiger partial charge in [0.05, 0.1) is 18.8 Å². The van der Waals surface area contributed by atoms with Gasteiger partial charge in [-0.15, -0.1) is 0 Å². The Morgan fingerprint density at radius 2 is 2.11 bits per heavy atom. The predicted octanol–water partition coefficient (Wildman–Crippen LogP) is 1.28. The van der Waals surface area contributed by atoms with Gasteiger partial charge in [-0.1, -0.05) is 18.9 Å². The van der Waals surface area contributed by atoms with E-state index in [1.54, 1.807) is 6.08 Å². The Hall–Kier alpha value is -0.870. The van der Waals surface area contributed by atoms with E-state index in [4.69, 9.17) is 4.74 Å². The lowest BCUT2D eigenvalue weighted by molar-refractivity contribution is -0.145. The van der Waals surface area contributed by atoms with E-state index in [1.165, 1.54) is 12.8 Å². The molecule has 1 spiro atoms. The number of amides is 1. The maximum Gasteiger partial charge on any atom is 0.246 e. The number of nitrogens with zero attached hydrogens (tertiary/aromatic N) is 2. The van der Waals surface area contributed by atoms with Crippen LogP contribution < -0.4 is 0 Å². The number of hydrogen-bond donors (Lipinski definition) is 0. The molecular weight excluding hydrogens is 228 g/mol. The molecule has 2 aliphatic rings. The molecule has 0 aromatic heterocycles. The molecule has 1 aliphatic heterocycles. The second-order valence-corrected chi connectivity index (χ2v) is 5.66. The van der Waals surface area contributed by atoms with Crippen LogP contribution in [0.1, 0.15) is 25.7 Å². The van der Waals surface area contributed by atoms with Crippen molar-refractivity contribution in [2.24, 2.45) is 0 Å². The Kier molecular flexibility index (Phi) is 4.40. The Labute approximate surface area is 110 Å². The minimum atomic E-state index is -0.0245. The predicted molar refractivity (Wildman–Crippen MR) is 71.4 cm³/mol. The molecule has 102 valence electrons. The molecule has 2 fully saturated rings. The van der Waals surface area contributed by atoms with E-state index < -0.39 is 0 Å². The van der Waals surface area contributed by atoms with Crippen molar-refractivity contribution in [3.05, 3.63) is 12.2 Å². The monoisotopic (exact) mass is 252 g/mol. The Morgan fingerprint density at radius 1 is 1.39 bits per heavy atom. The summed E-state index contributed by atoms with van der Waals surface area (Å²) in [6, 6.07) is 0. The normalized spacial score (nSPS) is 23.4. The highest BCUT2D eigenvalue weighted by Crippen LogP contribution is 2.35. The van der Waals surface area contributed by atoms with Crippen molar-refractivity contribution < 1.29 is 9.53 Å². The van der Waals surface area contributed by atoms with E-state index in [0.717, 1.165) is 32.5 Å². The van der Waals surface area contributed by atoms with Gasteiger partial charge in [-0.25, -0.2) is 0 Å². The minimum absolute atomic E-state index is 0.0245. The van der Waals surface area contributed by atoms with Crippen LogP contribution >= 0.6 is 0 Å². The summed E-state index contributed by atoms with van der Waals surface area (Å²) in [5.41, 5.74) is -0.0245. The molecule has 18 heavy (non-hydrogen) atoms. The maximum absolute atomic E-state index is 12.1. The summed E-state index contributed by atoms with van der Waals surface area (Å²) in [5, 5.41) is 0. The molecule has 0 unspecified atom stereocenters. The van der Waals surface area contributed by atoms with Gasteiger partial charge in [0, 0.05) is 19.2 Å². The Bertz CT molecular complexity index is 320.